The number of rotatable bonds is 3. The molecule has 0 radical (unpaired) electrons. The van der Waals surface area contributed by atoms with E-state index in [0.717, 1.165) is 5.56 Å². The number of ether oxygens (including phenoxy) is 2. The summed E-state index contributed by atoms with van der Waals surface area (Å²) in [5.41, 5.74) is 0.690. The van der Waals surface area contributed by atoms with Gasteiger partial charge in [0, 0.05) is 16.0 Å². The van der Waals surface area contributed by atoms with Crippen LogP contribution >= 0.6 is 23.2 Å². The van der Waals surface area contributed by atoms with Crippen molar-refractivity contribution >= 4 is 23.2 Å². The predicted molar refractivity (Wildman–Crippen MR) is 83.8 cm³/mol. The molecule has 0 atom stereocenters. The van der Waals surface area contributed by atoms with Crippen LogP contribution in [0.3, 0.4) is 0 Å². The first-order valence-corrected chi connectivity index (χ1v) is 7.72. The molecule has 7 heteroatoms. The molecule has 118 valence electrons. The second-order valence-electron chi connectivity index (χ2n) is 6.21. The summed E-state index contributed by atoms with van der Waals surface area (Å²) in [6.45, 7) is 5.66. The first-order chi connectivity index (χ1) is 10.4. The summed E-state index contributed by atoms with van der Waals surface area (Å²) in [6.07, 6.45) is 3.10. The van der Waals surface area contributed by atoms with Gasteiger partial charge in [0.2, 0.25) is 5.79 Å². The Hall–Kier alpha value is -1.14. The Morgan fingerprint density at radius 1 is 1.23 bits per heavy atom. The Morgan fingerprint density at radius 2 is 1.95 bits per heavy atom. The average Bonchev–Trinajstić information content (AvgIpc) is 2.94. The largest absolute Gasteiger partial charge is 0.344 e. The van der Waals surface area contributed by atoms with Gasteiger partial charge in [-0.2, -0.15) is 5.10 Å². The Balaban J connectivity index is 1.99. The van der Waals surface area contributed by atoms with E-state index in [9.17, 15) is 0 Å². The fourth-order valence-corrected chi connectivity index (χ4v) is 2.92. The lowest BCUT2D eigenvalue weighted by molar-refractivity contribution is -0.315. The van der Waals surface area contributed by atoms with E-state index in [1.54, 1.807) is 23.1 Å². The van der Waals surface area contributed by atoms with Crippen molar-refractivity contribution in [1.82, 2.24) is 14.8 Å². The van der Waals surface area contributed by atoms with Gasteiger partial charge in [-0.1, -0.05) is 43.1 Å². The van der Waals surface area contributed by atoms with Crippen molar-refractivity contribution in [2.45, 2.75) is 26.2 Å². The molecule has 2 aromatic rings. The number of halogens is 2. The van der Waals surface area contributed by atoms with Gasteiger partial charge in [0.05, 0.1) is 18.2 Å². The van der Waals surface area contributed by atoms with Crippen LogP contribution in [0.25, 0.3) is 0 Å². The van der Waals surface area contributed by atoms with E-state index in [4.69, 9.17) is 32.7 Å². The van der Waals surface area contributed by atoms with Crippen LogP contribution in [-0.4, -0.2) is 28.0 Å². The third-order valence-electron chi connectivity index (χ3n) is 3.57. The second kappa shape index (κ2) is 5.81. The Bertz CT molecular complexity index is 649. The number of benzene rings is 1. The van der Waals surface area contributed by atoms with Crippen LogP contribution in [-0.2, 0) is 21.8 Å². The lowest BCUT2D eigenvalue weighted by atomic mass is 9.93. The fourth-order valence-electron chi connectivity index (χ4n) is 2.37. The van der Waals surface area contributed by atoms with Gasteiger partial charge in [0.1, 0.15) is 19.2 Å². The molecule has 0 saturated carbocycles. The number of hydrogen-bond donors (Lipinski definition) is 0. The molecule has 1 aliphatic heterocycles. The van der Waals surface area contributed by atoms with E-state index in [1.807, 2.05) is 6.07 Å². The standard InChI is InChI=1S/C15H17Cl2N3O2/c1-14(2)7-21-15(22-8-14,6-20-10-18-9-19-20)12-4-3-11(16)5-13(12)17/h3-5,9-10H,6-8H2,1-2H3. The zero-order valence-corrected chi connectivity index (χ0v) is 13.9. The minimum atomic E-state index is -0.995. The van der Waals surface area contributed by atoms with Gasteiger partial charge >= 0.3 is 0 Å². The molecule has 1 aromatic heterocycles. The highest BCUT2D eigenvalue weighted by Gasteiger charge is 2.44. The van der Waals surface area contributed by atoms with Crippen molar-refractivity contribution in [3.8, 4) is 0 Å². The molecule has 0 unspecified atom stereocenters. The van der Waals surface area contributed by atoms with Crippen molar-refractivity contribution in [2.75, 3.05) is 13.2 Å². The van der Waals surface area contributed by atoms with Crippen molar-refractivity contribution in [3.05, 3.63) is 46.5 Å². The van der Waals surface area contributed by atoms with E-state index in [0.29, 0.717) is 29.8 Å². The number of hydrogen-bond acceptors (Lipinski definition) is 4. The predicted octanol–water partition coefficient (Wildman–Crippen LogP) is 3.51. The lowest BCUT2D eigenvalue weighted by Gasteiger charge is -2.43. The van der Waals surface area contributed by atoms with Gasteiger partial charge in [-0.3, -0.25) is 0 Å². The summed E-state index contributed by atoms with van der Waals surface area (Å²) < 4.78 is 13.9. The molecule has 1 saturated heterocycles. The lowest BCUT2D eigenvalue weighted by Crippen LogP contribution is -2.48. The maximum Gasteiger partial charge on any atom is 0.216 e. The van der Waals surface area contributed by atoms with E-state index in [-0.39, 0.29) is 5.41 Å². The molecule has 1 aromatic carbocycles. The van der Waals surface area contributed by atoms with Crippen LogP contribution in [0, 0.1) is 5.41 Å². The van der Waals surface area contributed by atoms with E-state index < -0.39 is 5.79 Å². The van der Waals surface area contributed by atoms with E-state index >= 15 is 0 Å². The highest BCUT2D eigenvalue weighted by molar-refractivity contribution is 6.35. The van der Waals surface area contributed by atoms with Crippen LogP contribution in [0.15, 0.2) is 30.9 Å². The minimum Gasteiger partial charge on any atom is -0.344 e. The van der Waals surface area contributed by atoms with Crippen LogP contribution in [0.5, 0.6) is 0 Å². The van der Waals surface area contributed by atoms with E-state index in [2.05, 4.69) is 23.9 Å². The molecular weight excluding hydrogens is 325 g/mol. The van der Waals surface area contributed by atoms with Gasteiger partial charge < -0.3 is 9.47 Å². The average molecular weight is 342 g/mol. The molecule has 0 aliphatic carbocycles. The summed E-state index contributed by atoms with van der Waals surface area (Å²) in [6, 6.07) is 5.30. The van der Waals surface area contributed by atoms with Crippen LogP contribution in [0.1, 0.15) is 19.4 Å². The van der Waals surface area contributed by atoms with Gasteiger partial charge in [-0.25, -0.2) is 9.67 Å². The third-order valence-corrected chi connectivity index (χ3v) is 4.12. The molecule has 0 spiro atoms. The van der Waals surface area contributed by atoms with Crippen LogP contribution in [0.4, 0.5) is 0 Å². The third kappa shape index (κ3) is 3.13. The molecule has 22 heavy (non-hydrogen) atoms. The van der Waals surface area contributed by atoms with Gasteiger partial charge in [0.15, 0.2) is 0 Å². The Labute approximate surface area is 139 Å². The quantitative estimate of drug-likeness (QED) is 0.857. The number of nitrogens with zero attached hydrogens (tertiary/aromatic N) is 3. The highest BCUT2D eigenvalue weighted by Crippen LogP contribution is 2.41. The van der Waals surface area contributed by atoms with Gasteiger partial charge in [0.25, 0.3) is 0 Å². The Kier molecular flexibility index (Phi) is 4.16. The monoisotopic (exact) mass is 341 g/mol. The molecule has 0 amide bonds. The van der Waals surface area contributed by atoms with Crippen molar-refractivity contribution in [2.24, 2.45) is 5.41 Å². The summed E-state index contributed by atoms with van der Waals surface area (Å²) in [4.78, 5) is 3.96. The molecule has 3 rings (SSSR count). The normalized spacial score (nSPS) is 20.0. The Morgan fingerprint density at radius 3 is 2.55 bits per heavy atom. The summed E-state index contributed by atoms with van der Waals surface area (Å²) in [5, 5.41) is 5.22. The zero-order chi connectivity index (χ0) is 15.8. The van der Waals surface area contributed by atoms with Crippen molar-refractivity contribution in [3.63, 3.8) is 0 Å². The van der Waals surface area contributed by atoms with Crippen LogP contribution < -0.4 is 0 Å². The number of aromatic nitrogens is 3. The maximum atomic E-state index is 6.37. The van der Waals surface area contributed by atoms with Crippen molar-refractivity contribution < 1.29 is 9.47 Å². The van der Waals surface area contributed by atoms with E-state index in [1.165, 1.54) is 6.33 Å². The SMILES string of the molecule is CC1(C)COC(Cn2cncn2)(c2ccc(Cl)cc2Cl)OC1. The van der Waals surface area contributed by atoms with Gasteiger partial charge in [-0.15, -0.1) is 0 Å². The molecule has 1 fully saturated rings. The van der Waals surface area contributed by atoms with Crippen LogP contribution in [0.2, 0.25) is 10.0 Å². The first kappa shape index (κ1) is 15.7. The fraction of sp³-hybridized carbons (Fsp3) is 0.467. The smallest absolute Gasteiger partial charge is 0.216 e. The topological polar surface area (TPSA) is 49.2 Å². The summed E-state index contributed by atoms with van der Waals surface area (Å²) in [5.74, 6) is -0.995. The molecule has 0 bridgehead atoms. The molecule has 0 N–H and O–H groups in total. The summed E-state index contributed by atoms with van der Waals surface area (Å²) >= 11 is 12.4. The van der Waals surface area contributed by atoms with Crippen molar-refractivity contribution in [1.29, 1.82) is 0 Å². The molecule has 2 heterocycles. The molecular formula is C15H17Cl2N3O2. The molecule has 1 aliphatic rings. The minimum absolute atomic E-state index is 0.0508. The second-order valence-corrected chi connectivity index (χ2v) is 7.06. The molecule has 5 nitrogen and oxygen atoms in total. The zero-order valence-electron chi connectivity index (χ0n) is 12.4. The van der Waals surface area contributed by atoms with Gasteiger partial charge in [-0.05, 0) is 12.1 Å². The maximum absolute atomic E-state index is 6.37. The highest BCUT2D eigenvalue weighted by atomic mass is 35.5. The summed E-state index contributed by atoms with van der Waals surface area (Å²) in [7, 11) is 0. The first-order valence-electron chi connectivity index (χ1n) is 6.96.